The fourth-order valence-corrected chi connectivity index (χ4v) is 2.13. The lowest BCUT2D eigenvalue weighted by atomic mass is 10.1. The second kappa shape index (κ2) is 7.50. The first kappa shape index (κ1) is 15.9. The van der Waals surface area contributed by atoms with Crippen molar-refractivity contribution in [2.75, 3.05) is 18.5 Å². The van der Waals surface area contributed by atoms with E-state index >= 15 is 0 Å². The predicted octanol–water partition coefficient (Wildman–Crippen LogP) is 4.04. The normalized spacial score (nSPS) is 10.1. The standard InChI is InChI=1S/C18H21NO3/c1-4-21-16-12-15(17(22-5-2)11-13(16)3)19-18(20)14-9-7-6-8-10-14/h6-12H,4-5H2,1-3H3,(H,19,20). The highest BCUT2D eigenvalue weighted by atomic mass is 16.5. The summed E-state index contributed by atoms with van der Waals surface area (Å²) in [6.07, 6.45) is 0. The van der Waals surface area contributed by atoms with E-state index in [0.717, 1.165) is 11.3 Å². The van der Waals surface area contributed by atoms with E-state index in [0.29, 0.717) is 30.2 Å². The zero-order valence-electron chi connectivity index (χ0n) is 13.2. The Morgan fingerprint density at radius 1 is 1.00 bits per heavy atom. The molecule has 116 valence electrons. The lowest BCUT2D eigenvalue weighted by Crippen LogP contribution is -2.13. The first-order valence-electron chi connectivity index (χ1n) is 7.42. The molecule has 0 spiro atoms. The van der Waals surface area contributed by atoms with Crippen molar-refractivity contribution in [3.8, 4) is 11.5 Å². The van der Waals surface area contributed by atoms with Crippen LogP contribution in [0.3, 0.4) is 0 Å². The Balaban J connectivity index is 2.31. The number of hydrogen-bond acceptors (Lipinski definition) is 3. The largest absolute Gasteiger partial charge is 0.494 e. The molecule has 0 fully saturated rings. The van der Waals surface area contributed by atoms with Gasteiger partial charge in [-0.15, -0.1) is 0 Å². The zero-order chi connectivity index (χ0) is 15.9. The molecule has 0 aliphatic heterocycles. The van der Waals surface area contributed by atoms with Gasteiger partial charge in [-0.3, -0.25) is 4.79 Å². The highest BCUT2D eigenvalue weighted by molar-refractivity contribution is 6.05. The van der Waals surface area contributed by atoms with Crippen molar-refractivity contribution in [1.82, 2.24) is 0 Å². The van der Waals surface area contributed by atoms with Gasteiger partial charge in [0, 0.05) is 11.6 Å². The fraction of sp³-hybridized carbons (Fsp3) is 0.278. The van der Waals surface area contributed by atoms with Gasteiger partial charge in [0.1, 0.15) is 11.5 Å². The number of anilines is 1. The smallest absolute Gasteiger partial charge is 0.255 e. The van der Waals surface area contributed by atoms with Gasteiger partial charge < -0.3 is 14.8 Å². The maximum absolute atomic E-state index is 12.3. The monoisotopic (exact) mass is 299 g/mol. The van der Waals surface area contributed by atoms with Crippen LogP contribution in [-0.2, 0) is 0 Å². The zero-order valence-corrected chi connectivity index (χ0v) is 13.2. The van der Waals surface area contributed by atoms with E-state index in [-0.39, 0.29) is 5.91 Å². The number of nitrogens with one attached hydrogen (secondary N) is 1. The van der Waals surface area contributed by atoms with Crippen molar-refractivity contribution in [3.05, 3.63) is 53.6 Å². The van der Waals surface area contributed by atoms with E-state index in [9.17, 15) is 4.79 Å². The Morgan fingerprint density at radius 3 is 2.27 bits per heavy atom. The molecule has 0 bridgehead atoms. The maximum atomic E-state index is 12.3. The van der Waals surface area contributed by atoms with Gasteiger partial charge in [0.05, 0.1) is 18.9 Å². The van der Waals surface area contributed by atoms with Crippen molar-refractivity contribution in [1.29, 1.82) is 0 Å². The first-order chi connectivity index (χ1) is 10.7. The summed E-state index contributed by atoms with van der Waals surface area (Å²) >= 11 is 0. The molecular weight excluding hydrogens is 278 g/mol. The number of carbonyl (C=O) groups excluding carboxylic acids is 1. The molecule has 1 amide bonds. The summed E-state index contributed by atoms with van der Waals surface area (Å²) < 4.78 is 11.2. The van der Waals surface area contributed by atoms with Crippen molar-refractivity contribution in [2.24, 2.45) is 0 Å². The number of benzene rings is 2. The summed E-state index contributed by atoms with van der Waals surface area (Å²) in [6.45, 7) is 6.89. The van der Waals surface area contributed by atoms with Crippen molar-refractivity contribution >= 4 is 11.6 Å². The molecule has 0 aromatic heterocycles. The molecule has 0 aliphatic rings. The number of ether oxygens (including phenoxy) is 2. The summed E-state index contributed by atoms with van der Waals surface area (Å²) in [5, 5.41) is 2.89. The SMILES string of the molecule is CCOc1cc(NC(=O)c2ccccc2)c(OCC)cc1C. The summed E-state index contributed by atoms with van der Waals surface area (Å²) in [5.74, 6) is 1.22. The minimum atomic E-state index is -0.173. The fourth-order valence-electron chi connectivity index (χ4n) is 2.13. The third-order valence-corrected chi connectivity index (χ3v) is 3.16. The van der Waals surface area contributed by atoms with Crippen molar-refractivity contribution in [3.63, 3.8) is 0 Å². The van der Waals surface area contributed by atoms with E-state index in [2.05, 4.69) is 5.32 Å². The van der Waals surface area contributed by atoms with Crippen LogP contribution >= 0.6 is 0 Å². The Morgan fingerprint density at radius 2 is 1.64 bits per heavy atom. The number of carbonyl (C=O) groups is 1. The van der Waals surface area contributed by atoms with Gasteiger partial charge in [-0.25, -0.2) is 0 Å². The molecule has 0 saturated heterocycles. The Bertz CT molecular complexity index is 638. The van der Waals surface area contributed by atoms with Crippen LogP contribution in [0.2, 0.25) is 0 Å². The van der Waals surface area contributed by atoms with Crippen LogP contribution in [-0.4, -0.2) is 19.1 Å². The third-order valence-electron chi connectivity index (χ3n) is 3.16. The quantitative estimate of drug-likeness (QED) is 0.875. The van der Waals surface area contributed by atoms with E-state index in [1.807, 2.05) is 51.1 Å². The molecule has 2 aromatic rings. The highest BCUT2D eigenvalue weighted by Gasteiger charge is 2.13. The first-order valence-corrected chi connectivity index (χ1v) is 7.42. The minimum absolute atomic E-state index is 0.173. The molecule has 4 nitrogen and oxygen atoms in total. The molecule has 0 atom stereocenters. The lowest BCUT2D eigenvalue weighted by molar-refractivity contribution is 0.102. The van der Waals surface area contributed by atoms with Crippen molar-refractivity contribution in [2.45, 2.75) is 20.8 Å². The molecule has 2 rings (SSSR count). The highest BCUT2D eigenvalue weighted by Crippen LogP contribution is 2.33. The van der Waals surface area contributed by atoms with E-state index in [1.165, 1.54) is 0 Å². The molecule has 22 heavy (non-hydrogen) atoms. The van der Waals surface area contributed by atoms with E-state index < -0.39 is 0 Å². The van der Waals surface area contributed by atoms with Gasteiger partial charge in [0.15, 0.2) is 0 Å². The summed E-state index contributed by atoms with van der Waals surface area (Å²) in [5.41, 5.74) is 2.19. The Labute approximate surface area is 131 Å². The molecule has 0 unspecified atom stereocenters. The molecule has 0 radical (unpaired) electrons. The molecular formula is C18H21NO3. The number of aryl methyl sites for hydroxylation is 1. The summed E-state index contributed by atoms with van der Waals surface area (Å²) in [6, 6.07) is 12.8. The second-order valence-electron chi connectivity index (χ2n) is 4.80. The molecule has 4 heteroatoms. The van der Waals surface area contributed by atoms with Crippen LogP contribution in [0.1, 0.15) is 29.8 Å². The topological polar surface area (TPSA) is 47.6 Å². The van der Waals surface area contributed by atoms with Gasteiger partial charge in [0.25, 0.3) is 5.91 Å². The number of hydrogen-bond donors (Lipinski definition) is 1. The minimum Gasteiger partial charge on any atom is -0.494 e. The third kappa shape index (κ3) is 3.79. The van der Waals surface area contributed by atoms with Gasteiger partial charge in [-0.05, 0) is 44.5 Å². The molecule has 0 heterocycles. The Hall–Kier alpha value is -2.49. The van der Waals surface area contributed by atoms with E-state index in [4.69, 9.17) is 9.47 Å². The average molecular weight is 299 g/mol. The summed E-state index contributed by atoms with van der Waals surface area (Å²) in [7, 11) is 0. The lowest BCUT2D eigenvalue weighted by Gasteiger charge is -2.15. The van der Waals surface area contributed by atoms with Crippen LogP contribution in [0.25, 0.3) is 0 Å². The van der Waals surface area contributed by atoms with Gasteiger partial charge in [-0.1, -0.05) is 18.2 Å². The van der Waals surface area contributed by atoms with Crippen LogP contribution in [0.15, 0.2) is 42.5 Å². The second-order valence-corrected chi connectivity index (χ2v) is 4.80. The van der Waals surface area contributed by atoms with Gasteiger partial charge >= 0.3 is 0 Å². The molecule has 2 aromatic carbocycles. The Kier molecular flexibility index (Phi) is 5.42. The molecule has 0 saturated carbocycles. The van der Waals surface area contributed by atoms with Crippen LogP contribution in [0.5, 0.6) is 11.5 Å². The van der Waals surface area contributed by atoms with Crippen LogP contribution in [0, 0.1) is 6.92 Å². The number of amides is 1. The summed E-state index contributed by atoms with van der Waals surface area (Å²) in [4.78, 5) is 12.3. The molecule has 1 N–H and O–H groups in total. The maximum Gasteiger partial charge on any atom is 0.255 e. The number of rotatable bonds is 6. The van der Waals surface area contributed by atoms with Crippen LogP contribution in [0.4, 0.5) is 5.69 Å². The predicted molar refractivity (Wildman–Crippen MR) is 87.9 cm³/mol. The van der Waals surface area contributed by atoms with Gasteiger partial charge in [0.2, 0.25) is 0 Å². The van der Waals surface area contributed by atoms with Crippen LogP contribution < -0.4 is 14.8 Å². The van der Waals surface area contributed by atoms with Gasteiger partial charge in [-0.2, -0.15) is 0 Å². The van der Waals surface area contributed by atoms with E-state index in [1.54, 1.807) is 12.1 Å². The van der Waals surface area contributed by atoms with Crippen molar-refractivity contribution < 1.29 is 14.3 Å². The average Bonchev–Trinajstić information content (AvgIpc) is 2.53. The molecule has 0 aliphatic carbocycles.